The van der Waals surface area contributed by atoms with E-state index in [1.165, 1.54) is 12.1 Å². The predicted molar refractivity (Wildman–Crippen MR) is 95.0 cm³/mol. The van der Waals surface area contributed by atoms with Gasteiger partial charge >= 0.3 is 0 Å². The summed E-state index contributed by atoms with van der Waals surface area (Å²) in [5.41, 5.74) is 1.12. The van der Waals surface area contributed by atoms with Crippen LogP contribution >= 0.6 is 0 Å². The van der Waals surface area contributed by atoms with Crippen LogP contribution in [-0.4, -0.2) is 62.3 Å². The second-order valence-electron chi connectivity index (χ2n) is 6.98. The molecule has 25 heavy (non-hydrogen) atoms. The maximum Gasteiger partial charge on any atom is 0.234 e. The van der Waals surface area contributed by atoms with E-state index in [9.17, 15) is 9.18 Å². The van der Waals surface area contributed by atoms with Crippen molar-refractivity contribution in [1.29, 1.82) is 0 Å². The first-order chi connectivity index (χ1) is 12.2. The van der Waals surface area contributed by atoms with Crippen molar-refractivity contribution < 1.29 is 13.9 Å². The summed E-state index contributed by atoms with van der Waals surface area (Å²) in [5.74, 6) is -0.167. The van der Waals surface area contributed by atoms with E-state index < -0.39 is 0 Å². The molecule has 3 rings (SSSR count). The molecule has 0 aromatic heterocycles. The minimum atomic E-state index is -0.232. The highest BCUT2D eigenvalue weighted by atomic mass is 19.1. The topological polar surface area (TPSA) is 53.6 Å². The lowest BCUT2D eigenvalue weighted by Gasteiger charge is -2.45. The molecule has 138 valence electrons. The van der Waals surface area contributed by atoms with Crippen LogP contribution in [0.2, 0.25) is 0 Å². The monoisotopic (exact) mass is 349 g/mol. The molecule has 2 N–H and O–H groups in total. The van der Waals surface area contributed by atoms with Crippen LogP contribution in [0.5, 0.6) is 0 Å². The van der Waals surface area contributed by atoms with Gasteiger partial charge in [-0.2, -0.15) is 0 Å². The first-order valence-electron chi connectivity index (χ1n) is 9.23. The lowest BCUT2D eigenvalue weighted by atomic mass is 9.85. The van der Waals surface area contributed by atoms with Crippen molar-refractivity contribution in [2.45, 2.75) is 31.2 Å². The number of amides is 1. The molecule has 2 saturated heterocycles. The SMILES string of the molecule is O=C(CN1CCNCCC12CCOCC2)NCCc1ccc(F)cc1. The van der Waals surface area contributed by atoms with Crippen LogP contribution in [0, 0.1) is 5.82 Å². The van der Waals surface area contributed by atoms with Gasteiger partial charge in [0.05, 0.1) is 6.54 Å². The van der Waals surface area contributed by atoms with Crippen LogP contribution in [0.25, 0.3) is 0 Å². The van der Waals surface area contributed by atoms with Gasteiger partial charge in [0.2, 0.25) is 5.91 Å². The van der Waals surface area contributed by atoms with Crippen LogP contribution in [0.15, 0.2) is 24.3 Å². The minimum Gasteiger partial charge on any atom is -0.381 e. The number of nitrogens with zero attached hydrogens (tertiary/aromatic N) is 1. The Balaban J connectivity index is 1.50. The molecular formula is C19H28FN3O2. The number of carbonyl (C=O) groups is 1. The summed E-state index contributed by atoms with van der Waals surface area (Å²) in [4.78, 5) is 14.8. The summed E-state index contributed by atoms with van der Waals surface area (Å²) in [6, 6.07) is 6.44. The molecule has 0 radical (unpaired) electrons. The highest BCUT2D eigenvalue weighted by molar-refractivity contribution is 5.78. The van der Waals surface area contributed by atoms with Crippen molar-refractivity contribution >= 4 is 5.91 Å². The fourth-order valence-corrected chi connectivity index (χ4v) is 3.85. The average molecular weight is 349 g/mol. The third kappa shape index (κ3) is 5.00. The van der Waals surface area contributed by atoms with Gasteiger partial charge in [0.1, 0.15) is 5.82 Å². The first kappa shape index (κ1) is 18.3. The first-order valence-corrected chi connectivity index (χ1v) is 9.23. The average Bonchev–Trinajstić information content (AvgIpc) is 2.80. The largest absolute Gasteiger partial charge is 0.381 e. The van der Waals surface area contributed by atoms with Gasteiger partial charge in [0.15, 0.2) is 0 Å². The normalized spacial score (nSPS) is 21.0. The van der Waals surface area contributed by atoms with E-state index in [4.69, 9.17) is 4.74 Å². The zero-order valence-electron chi connectivity index (χ0n) is 14.7. The number of carbonyl (C=O) groups excluding carboxylic acids is 1. The van der Waals surface area contributed by atoms with E-state index in [-0.39, 0.29) is 17.3 Å². The Hall–Kier alpha value is -1.50. The van der Waals surface area contributed by atoms with E-state index in [1.54, 1.807) is 12.1 Å². The minimum absolute atomic E-state index is 0.0647. The molecular weight excluding hydrogens is 321 g/mol. The molecule has 0 bridgehead atoms. The fraction of sp³-hybridized carbons (Fsp3) is 0.632. The third-order valence-electron chi connectivity index (χ3n) is 5.40. The van der Waals surface area contributed by atoms with E-state index in [0.29, 0.717) is 19.5 Å². The summed E-state index contributed by atoms with van der Waals surface area (Å²) in [5, 5.41) is 6.46. The molecule has 2 aliphatic rings. The molecule has 0 aliphatic carbocycles. The number of ether oxygens (including phenoxy) is 1. The van der Waals surface area contributed by atoms with Crippen molar-refractivity contribution in [3.8, 4) is 0 Å². The molecule has 1 amide bonds. The Labute approximate surface area is 148 Å². The molecule has 2 heterocycles. The summed E-state index contributed by atoms with van der Waals surface area (Å²) in [7, 11) is 0. The second kappa shape index (κ2) is 8.74. The van der Waals surface area contributed by atoms with Crippen molar-refractivity contribution in [3.63, 3.8) is 0 Å². The van der Waals surface area contributed by atoms with Gasteiger partial charge in [-0.3, -0.25) is 9.69 Å². The van der Waals surface area contributed by atoms with Crippen molar-refractivity contribution in [2.24, 2.45) is 0 Å². The molecule has 1 aromatic carbocycles. The molecule has 2 fully saturated rings. The second-order valence-corrected chi connectivity index (χ2v) is 6.98. The highest BCUT2D eigenvalue weighted by Crippen LogP contribution is 2.31. The van der Waals surface area contributed by atoms with Gasteiger partial charge in [-0.1, -0.05) is 12.1 Å². The molecule has 0 saturated carbocycles. The lowest BCUT2D eigenvalue weighted by molar-refractivity contribution is -0.125. The van der Waals surface area contributed by atoms with Crippen LogP contribution in [-0.2, 0) is 16.0 Å². The number of hydrogen-bond donors (Lipinski definition) is 2. The molecule has 1 aromatic rings. The van der Waals surface area contributed by atoms with Crippen molar-refractivity contribution in [2.75, 3.05) is 45.9 Å². The van der Waals surface area contributed by atoms with Gasteiger partial charge in [-0.15, -0.1) is 0 Å². The Morgan fingerprint density at radius 3 is 2.72 bits per heavy atom. The molecule has 0 atom stereocenters. The van der Waals surface area contributed by atoms with Gasteiger partial charge < -0.3 is 15.4 Å². The maximum atomic E-state index is 12.9. The van der Waals surface area contributed by atoms with Gasteiger partial charge in [0.25, 0.3) is 0 Å². The molecule has 5 nitrogen and oxygen atoms in total. The lowest BCUT2D eigenvalue weighted by Crippen LogP contribution is -2.55. The van der Waals surface area contributed by atoms with Crippen molar-refractivity contribution in [1.82, 2.24) is 15.5 Å². The third-order valence-corrected chi connectivity index (χ3v) is 5.40. The zero-order chi connectivity index (χ0) is 17.5. The van der Waals surface area contributed by atoms with Gasteiger partial charge in [-0.25, -0.2) is 4.39 Å². The fourth-order valence-electron chi connectivity index (χ4n) is 3.85. The summed E-state index contributed by atoms with van der Waals surface area (Å²) < 4.78 is 18.5. The predicted octanol–water partition coefficient (Wildman–Crippen LogP) is 1.33. The number of nitrogens with one attached hydrogen (secondary N) is 2. The smallest absolute Gasteiger partial charge is 0.234 e. The number of halogens is 1. The highest BCUT2D eigenvalue weighted by Gasteiger charge is 2.39. The van der Waals surface area contributed by atoms with Crippen molar-refractivity contribution in [3.05, 3.63) is 35.6 Å². The van der Waals surface area contributed by atoms with Crippen LogP contribution in [0.1, 0.15) is 24.8 Å². The quantitative estimate of drug-likeness (QED) is 0.842. The summed E-state index contributed by atoms with van der Waals surface area (Å²) in [6.45, 7) is 5.39. The zero-order valence-corrected chi connectivity index (χ0v) is 14.7. The Morgan fingerprint density at radius 1 is 1.20 bits per heavy atom. The van der Waals surface area contributed by atoms with E-state index in [1.807, 2.05) is 0 Å². The number of hydrogen-bond acceptors (Lipinski definition) is 4. The van der Waals surface area contributed by atoms with Gasteiger partial charge in [0, 0.05) is 38.4 Å². The Kier molecular flexibility index (Phi) is 6.39. The van der Waals surface area contributed by atoms with Gasteiger partial charge in [-0.05, 0) is 49.9 Å². The standard InChI is InChI=1S/C19H28FN3O2/c20-17-3-1-16(2-4-17)5-9-22-18(24)15-23-12-11-21-10-6-19(23)7-13-25-14-8-19/h1-4,21H,5-15H2,(H,22,24). The summed E-state index contributed by atoms with van der Waals surface area (Å²) in [6.07, 6.45) is 3.78. The van der Waals surface area contributed by atoms with Crippen LogP contribution < -0.4 is 10.6 Å². The van der Waals surface area contributed by atoms with Crippen LogP contribution in [0.3, 0.4) is 0 Å². The maximum absolute atomic E-state index is 12.9. The number of benzene rings is 1. The van der Waals surface area contributed by atoms with E-state index in [2.05, 4.69) is 15.5 Å². The Bertz CT molecular complexity index is 558. The van der Waals surface area contributed by atoms with Crippen LogP contribution in [0.4, 0.5) is 4.39 Å². The number of rotatable bonds is 5. The molecule has 0 unspecified atom stereocenters. The Morgan fingerprint density at radius 2 is 1.96 bits per heavy atom. The molecule has 6 heteroatoms. The van der Waals surface area contributed by atoms with E-state index in [0.717, 1.165) is 57.7 Å². The summed E-state index contributed by atoms with van der Waals surface area (Å²) >= 11 is 0. The molecule has 1 spiro atoms. The molecule has 2 aliphatic heterocycles. The van der Waals surface area contributed by atoms with E-state index >= 15 is 0 Å².